The van der Waals surface area contributed by atoms with Gasteiger partial charge in [-0.2, -0.15) is 4.98 Å². The van der Waals surface area contributed by atoms with E-state index in [1.807, 2.05) is 0 Å². The van der Waals surface area contributed by atoms with E-state index in [0.29, 0.717) is 29.6 Å². The maximum absolute atomic E-state index is 12.1. The molecule has 21 heavy (non-hydrogen) atoms. The Morgan fingerprint density at radius 1 is 1.38 bits per heavy atom. The molecule has 0 radical (unpaired) electrons. The fourth-order valence-corrected chi connectivity index (χ4v) is 3.56. The third kappa shape index (κ3) is 3.10. The molecule has 0 saturated heterocycles. The van der Waals surface area contributed by atoms with Crippen molar-refractivity contribution in [3.8, 4) is 0 Å². The summed E-state index contributed by atoms with van der Waals surface area (Å²) in [5, 5.41) is 5.17. The van der Waals surface area contributed by atoms with Crippen LogP contribution in [0.5, 0.6) is 0 Å². The van der Waals surface area contributed by atoms with E-state index in [4.69, 9.17) is 0 Å². The molecule has 112 valence electrons. The number of hydrogen-bond donors (Lipinski definition) is 0. The van der Waals surface area contributed by atoms with Crippen molar-refractivity contribution in [3.05, 3.63) is 17.5 Å². The fourth-order valence-electron chi connectivity index (χ4n) is 2.50. The normalized spacial score (nSPS) is 18.5. The molecule has 5 nitrogen and oxygen atoms in total. The van der Waals surface area contributed by atoms with E-state index in [-0.39, 0.29) is 5.78 Å². The van der Waals surface area contributed by atoms with Crippen LogP contribution in [0.25, 0.3) is 5.78 Å². The van der Waals surface area contributed by atoms with Gasteiger partial charge in [-0.25, -0.2) is 9.50 Å². The lowest BCUT2D eigenvalue weighted by atomic mass is 9.88. The van der Waals surface area contributed by atoms with E-state index in [9.17, 15) is 4.79 Å². The first-order valence-electron chi connectivity index (χ1n) is 7.45. The van der Waals surface area contributed by atoms with Gasteiger partial charge in [0, 0.05) is 18.4 Å². The minimum atomic E-state index is 0.169. The molecule has 1 aliphatic carbocycles. The molecule has 0 fully saturated rings. The molecule has 0 N–H and O–H groups in total. The van der Waals surface area contributed by atoms with Crippen molar-refractivity contribution < 1.29 is 4.79 Å². The zero-order chi connectivity index (χ0) is 15.0. The minimum Gasteiger partial charge on any atom is -0.294 e. The molecule has 2 aromatic rings. The average Bonchev–Trinajstić information content (AvgIpc) is 2.77. The van der Waals surface area contributed by atoms with Crippen LogP contribution >= 0.6 is 11.8 Å². The van der Waals surface area contributed by atoms with E-state index >= 15 is 0 Å². The van der Waals surface area contributed by atoms with Gasteiger partial charge in [-0.05, 0) is 24.7 Å². The van der Waals surface area contributed by atoms with Crippen molar-refractivity contribution in [1.82, 2.24) is 19.6 Å². The molecule has 0 aliphatic heterocycles. The molecule has 0 aromatic carbocycles. The van der Waals surface area contributed by atoms with Gasteiger partial charge in [-0.3, -0.25) is 4.79 Å². The Labute approximate surface area is 128 Å². The molecule has 0 spiro atoms. The summed E-state index contributed by atoms with van der Waals surface area (Å²) in [4.78, 5) is 21.1. The number of rotatable bonds is 4. The largest absolute Gasteiger partial charge is 0.294 e. The highest BCUT2D eigenvalue weighted by Crippen LogP contribution is 2.25. The van der Waals surface area contributed by atoms with Gasteiger partial charge in [0.1, 0.15) is 0 Å². The van der Waals surface area contributed by atoms with Crippen molar-refractivity contribution in [3.63, 3.8) is 0 Å². The first-order chi connectivity index (χ1) is 10.0. The Kier molecular flexibility index (Phi) is 3.97. The number of fused-ring (bicyclic) bond motifs is 2. The summed E-state index contributed by atoms with van der Waals surface area (Å²) in [6.07, 6.45) is 4.39. The van der Waals surface area contributed by atoms with Crippen molar-refractivity contribution in [2.45, 2.75) is 45.2 Å². The van der Waals surface area contributed by atoms with E-state index in [1.165, 1.54) is 0 Å². The third-order valence-electron chi connectivity index (χ3n) is 3.69. The van der Waals surface area contributed by atoms with E-state index < -0.39 is 0 Å². The van der Waals surface area contributed by atoms with Crippen LogP contribution in [0, 0.1) is 11.8 Å². The molecule has 3 rings (SSSR count). The Morgan fingerprint density at radius 3 is 2.95 bits per heavy atom. The summed E-state index contributed by atoms with van der Waals surface area (Å²) in [5.41, 5.74) is 1.58. The molecule has 0 saturated carbocycles. The van der Waals surface area contributed by atoms with Gasteiger partial charge in [0.25, 0.3) is 5.78 Å². The zero-order valence-corrected chi connectivity index (χ0v) is 13.5. The molecule has 2 aromatic heterocycles. The Morgan fingerprint density at radius 2 is 2.19 bits per heavy atom. The molecule has 1 atom stereocenters. The quantitative estimate of drug-likeness (QED) is 0.813. The summed E-state index contributed by atoms with van der Waals surface area (Å²) < 4.78 is 1.64. The van der Waals surface area contributed by atoms with E-state index in [0.717, 1.165) is 29.4 Å². The number of nitrogens with zero attached hydrogens (tertiary/aromatic N) is 4. The standard InChI is InChI=1S/C15H20N4OS/c1-9(2)4-5-21-15-17-14-16-12-6-10(3)7-13(20)11(12)8-19(14)18-15/h8-10H,4-7H2,1-3H3/t10-/m1/s1. The van der Waals surface area contributed by atoms with Crippen LogP contribution in [-0.2, 0) is 6.42 Å². The number of aromatic nitrogens is 4. The van der Waals surface area contributed by atoms with Crippen LogP contribution in [0.3, 0.4) is 0 Å². The van der Waals surface area contributed by atoms with Crippen LogP contribution in [0.2, 0.25) is 0 Å². The number of carbonyl (C=O) groups excluding carboxylic acids is 1. The summed E-state index contributed by atoms with van der Waals surface area (Å²) in [6.45, 7) is 6.50. The Balaban J connectivity index is 1.86. The van der Waals surface area contributed by atoms with Crippen LogP contribution in [0.1, 0.15) is 49.7 Å². The van der Waals surface area contributed by atoms with E-state index in [2.05, 4.69) is 35.8 Å². The predicted octanol–water partition coefficient (Wildman–Crippen LogP) is 3.03. The lowest BCUT2D eigenvalue weighted by molar-refractivity contribution is 0.0951. The van der Waals surface area contributed by atoms with Gasteiger partial charge in [0.15, 0.2) is 5.78 Å². The maximum atomic E-state index is 12.1. The fraction of sp³-hybridized carbons (Fsp3) is 0.600. The van der Waals surface area contributed by atoms with E-state index in [1.54, 1.807) is 22.5 Å². The smallest absolute Gasteiger partial charge is 0.253 e. The highest BCUT2D eigenvalue weighted by Gasteiger charge is 2.25. The third-order valence-corrected chi connectivity index (χ3v) is 4.56. The van der Waals surface area contributed by atoms with Crippen molar-refractivity contribution in [1.29, 1.82) is 0 Å². The highest BCUT2D eigenvalue weighted by atomic mass is 32.2. The van der Waals surface area contributed by atoms with Gasteiger partial charge in [-0.1, -0.05) is 32.5 Å². The molecule has 0 amide bonds. The second-order valence-corrected chi connectivity index (χ2v) is 7.27. The Hall–Kier alpha value is -1.43. The second kappa shape index (κ2) is 5.75. The second-order valence-electron chi connectivity index (χ2n) is 6.21. The summed E-state index contributed by atoms with van der Waals surface area (Å²) in [6, 6.07) is 0. The van der Waals surface area contributed by atoms with Gasteiger partial charge < -0.3 is 0 Å². The van der Waals surface area contributed by atoms with Crippen LogP contribution in [-0.4, -0.2) is 31.1 Å². The highest BCUT2D eigenvalue weighted by molar-refractivity contribution is 7.99. The van der Waals surface area contributed by atoms with Crippen LogP contribution in [0.4, 0.5) is 0 Å². The van der Waals surface area contributed by atoms with Gasteiger partial charge in [0.2, 0.25) is 5.16 Å². The van der Waals surface area contributed by atoms with Gasteiger partial charge in [-0.15, -0.1) is 5.10 Å². The average molecular weight is 304 g/mol. The lowest BCUT2D eigenvalue weighted by Crippen LogP contribution is -2.20. The number of ketones is 1. The Bertz CT molecular complexity index is 680. The summed E-state index contributed by atoms with van der Waals surface area (Å²) in [5.74, 6) is 2.82. The van der Waals surface area contributed by atoms with Crippen molar-refractivity contribution in [2.24, 2.45) is 11.8 Å². The number of carbonyl (C=O) groups is 1. The molecule has 0 bridgehead atoms. The van der Waals surface area contributed by atoms with Crippen LogP contribution < -0.4 is 0 Å². The van der Waals surface area contributed by atoms with Gasteiger partial charge in [0.05, 0.1) is 11.3 Å². The molecule has 1 aliphatic rings. The molecule has 6 heteroatoms. The topological polar surface area (TPSA) is 60.1 Å². The zero-order valence-electron chi connectivity index (χ0n) is 12.7. The number of Topliss-reactive ketones (excluding diaryl/α,β-unsaturated/α-hetero) is 1. The molecule has 0 unspecified atom stereocenters. The monoisotopic (exact) mass is 304 g/mol. The maximum Gasteiger partial charge on any atom is 0.253 e. The van der Waals surface area contributed by atoms with Gasteiger partial charge >= 0.3 is 0 Å². The minimum absolute atomic E-state index is 0.169. The lowest BCUT2D eigenvalue weighted by Gasteiger charge is -2.18. The summed E-state index contributed by atoms with van der Waals surface area (Å²) >= 11 is 1.65. The molecule has 2 heterocycles. The number of thioether (sulfide) groups is 1. The first-order valence-corrected chi connectivity index (χ1v) is 8.43. The van der Waals surface area contributed by atoms with Crippen LogP contribution in [0.15, 0.2) is 11.4 Å². The van der Waals surface area contributed by atoms with Crippen molar-refractivity contribution in [2.75, 3.05) is 5.75 Å². The first kappa shape index (κ1) is 14.5. The summed E-state index contributed by atoms with van der Waals surface area (Å²) in [7, 11) is 0. The predicted molar refractivity (Wildman–Crippen MR) is 82.8 cm³/mol. The molecular weight excluding hydrogens is 284 g/mol. The number of hydrogen-bond acceptors (Lipinski definition) is 5. The molecular formula is C15H20N4OS. The van der Waals surface area contributed by atoms with Crippen molar-refractivity contribution >= 4 is 23.3 Å². The SMILES string of the molecule is CC(C)CCSc1nc2nc3c(cn2n1)C(=O)C[C@H](C)C3.